The van der Waals surface area contributed by atoms with Crippen LogP contribution in [0.2, 0.25) is 0 Å². The second-order valence-electron chi connectivity index (χ2n) is 8.77. The number of nitrogens with two attached hydrogens (primary N) is 1. The van der Waals surface area contributed by atoms with Gasteiger partial charge in [-0.2, -0.15) is 0 Å². The predicted octanol–water partition coefficient (Wildman–Crippen LogP) is 3.71. The number of carbonyl (C=O) groups is 2. The van der Waals surface area contributed by atoms with E-state index < -0.39 is 0 Å². The van der Waals surface area contributed by atoms with Crippen LogP contribution >= 0.6 is 11.8 Å². The van der Waals surface area contributed by atoms with E-state index in [-0.39, 0.29) is 23.0 Å². The molecule has 2 aliphatic rings. The van der Waals surface area contributed by atoms with Crippen LogP contribution in [0, 0.1) is 5.92 Å². The molecule has 182 valence electrons. The molecule has 8 heteroatoms. The Kier molecular flexibility index (Phi) is 11.0. The van der Waals surface area contributed by atoms with E-state index in [0.29, 0.717) is 31.3 Å². The van der Waals surface area contributed by atoms with E-state index in [1.807, 2.05) is 24.3 Å². The number of pyridine rings is 1. The molecule has 1 saturated carbocycles. The highest BCUT2D eigenvalue weighted by molar-refractivity contribution is 8.00. The normalized spacial score (nSPS) is 18.4. The highest BCUT2D eigenvalue weighted by Crippen LogP contribution is 2.26. The second kappa shape index (κ2) is 14.3. The maximum absolute atomic E-state index is 11.9. The topological polar surface area (TPSA) is 94.8 Å². The Morgan fingerprint density at radius 3 is 2.73 bits per heavy atom. The molecule has 7 nitrogen and oxygen atoms in total. The van der Waals surface area contributed by atoms with Crippen LogP contribution < -0.4 is 10.5 Å². The summed E-state index contributed by atoms with van der Waals surface area (Å²) >= 11 is 1.43. The Hall–Kier alpha value is -2.06. The Bertz CT molecular complexity index is 777. The van der Waals surface area contributed by atoms with Crippen molar-refractivity contribution in [2.24, 2.45) is 11.7 Å². The SMILES string of the molecule is NC(=O)C(CC=CCOc1cc(CN2CCCCC2)ccn1)SCCOC(=O)C1CCCC1. The number of rotatable bonds is 13. The van der Waals surface area contributed by atoms with E-state index in [0.717, 1.165) is 45.3 Å². The molecule has 0 radical (unpaired) electrons. The summed E-state index contributed by atoms with van der Waals surface area (Å²) in [5.41, 5.74) is 6.74. The highest BCUT2D eigenvalue weighted by Gasteiger charge is 2.24. The standard InChI is InChI=1S/C25H37N3O4S/c26-24(29)22(33-17-16-32-25(30)21-8-2-3-9-21)10-4-7-15-31-23-18-20(11-12-27-23)19-28-13-5-1-6-14-28/h4,7,11-12,18,21-22H,1-3,5-6,8-10,13-17,19H2,(H2,26,29). The van der Waals surface area contributed by atoms with E-state index in [1.54, 1.807) is 6.20 Å². The third-order valence-electron chi connectivity index (χ3n) is 6.15. The number of esters is 1. The van der Waals surface area contributed by atoms with Gasteiger partial charge in [-0.1, -0.05) is 31.4 Å². The number of aromatic nitrogens is 1. The van der Waals surface area contributed by atoms with E-state index in [1.165, 1.54) is 36.6 Å². The molecule has 1 saturated heterocycles. The molecule has 0 aromatic carbocycles. The highest BCUT2D eigenvalue weighted by atomic mass is 32.2. The first-order chi connectivity index (χ1) is 16.1. The Morgan fingerprint density at radius 1 is 1.18 bits per heavy atom. The number of hydrogen-bond acceptors (Lipinski definition) is 7. The lowest BCUT2D eigenvalue weighted by Crippen LogP contribution is -2.29. The molecule has 2 fully saturated rings. The summed E-state index contributed by atoms with van der Waals surface area (Å²) in [6, 6.07) is 4.04. The van der Waals surface area contributed by atoms with Gasteiger partial charge < -0.3 is 15.2 Å². The first-order valence-electron chi connectivity index (χ1n) is 12.1. The van der Waals surface area contributed by atoms with E-state index in [2.05, 4.69) is 9.88 Å². The van der Waals surface area contributed by atoms with E-state index in [9.17, 15) is 9.59 Å². The number of thioether (sulfide) groups is 1. The van der Waals surface area contributed by atoms with Crippen molar-refractivity contribution >= 4 is 23.6 Å². The number of primary amides is 1. The molecule has 0 spiro atoms. The number of piperidine rings is 1. The van der Waals surface area contributed by atoms with E-state index in [4.69, 9.17) is 15.2 Å². The molecule has 2 N–H and O–H groups in total. The second-order valence-corrected chi connectivity index (χ2v) is 10.1. The Balaban J connectivity index is 1.32. The Labute approximate surface area is 201 Å². The van der Waals surface area contributed by atoms with Crippen molar-refractivity contribution in [1.29, 1.82) is 0 Å². The van der Waals surface area contributed by atoms with Gasteiger partial charge >= 0.3 is 5.97 Å². The van der Waals surface area contributed by atoms with Gasteiger partial charge in [0.15, 0.2) is 0 Å². The molecule has 1 aliphatic heterocycles. The first kappa shape index (κ1) is 25.6. The predicted molar refractivity (Wildman–Crippen MR) is 131 cm³/mol. The summed E-state index contributed by atoms with van der Waals surface area (Å²) in [6.07, 6.45) is 14.0. The number of amides is 1. The molecule has 1 aromatic rings. The van der Waals surface area contributed by atoms with Crippen LogP contribution in [0.15, 0.2) is 30.5 Å². The van der Waals surface area contributed by atoms with Crippen molar-refractivity contribution in [2.45, 2.75) is 63.2 Å². The number of nitrogens with zero attached hydrogens (tertiary/aromatic N) is 2. The summed E-state index contributed by atoms with van der Waals surface area (Å²) in [5, 5.41) is -0.350. The van der Waals surface area contributed by atoms with Gasteiger partial charge in [0, 0.05) is 24.6 Å². The van der Waals surface area contributed by atoms with Gasteiger partial charge in [0.1, 0.15) is 13.2 Å². The first-order valence-corrected chi connectivity index (χ1v) is 13.2. The minimum Gasteiger partial charge on any atom is -0.473 e. The summed E-state index contributed by atoms with van der Waals surface area (Å²) in [7, 11) is 0. The van der Waals surface area contributed by atoms with Crippen molar-refractivity contribution in [1.82, 2.24) is 9.88 Å². The molecule has 1 aliphatic carbocycles. The molecule has 0 bridgehead atoms. The fourth-order valence-corrected chi connectivity index (χ4v) is 5.18. The van der Waals surface area contributed by atoms with Crippen LogP contribution in [-0.2, 0) is 20.9 Å². The lowest BCUT2D eigenvalue weighted by atomic mass is 10.1. The minimum absolute atomic E-state index is 0.0600. The van der Waals surface area contributed by atoms with Crippen LogP contribution in [0.1, 0.15) is 56.9 Å². The number of carbonyl (C=O) groups excluding carboxylic acids is 2. The minimum atomic E-state index is -0.361. The maximum Gasteiger partial charge on any atom is 0.308 e. The van der Waals surface area contributed by atoms with Crippen molar-refractivity contribution < 1.29 is 19.1 Å². The zero-order valence-electron chi connectivity index (χ0n) is 19.5. The molecule has 3 rings (SSSR count). The quantitative estimate of drug-likeness (QED) is 0.264. The van der Waals surface area contributed by atoms with Gasteiger partial charge in [0.2, 0.25) is 11.8 Å². The molecule has 1 atom stereocenters. The summed E-state index contributed by atoms with van der Waals surface area (Å²) in [4.78, 5) is 30.5. The van der Waals surface area contributed by atoms with Gasteiger partial charge in [-0.05, 0) is 56.8 Å². The number of likely N-dealkylation sites (tertiary alicyclic amines) is 1. The van der Waals surface area contributed by atoms with Crippen LogP contribution in [0.25, 0.3) is 0 Å². The van der Waals surface area contributed by atoms with Crippen LogP contribution in [0.4, 0.5) is 0 Å². The van der Waals surface area contributed by atoms with Crippen LogP contribution in [0.3, 0.4) is 0 Å². The summed E-state index contributed by atoms with van der Waals surface area (Å²) in [5.74, 6) is 0.766. The van der Waals surface area contributed by atoms with Crippen molar-refractivity contribution in [3.05, 3.63) is 36.0 Å². The molecule has 1 aromatic heterocycles. The largest absolute Gasteiger partial charge is 0.473 e. The molecule has 33 heavy (non-hydrogen) atoms. The maximum atomic E-state index is 11.9. The number of allylic oxidation sites excluding steroid dienone is 1. The van der Waals surface area contributed by atoms with Gasteiger partial charge in [-0.3, -0.25) is 14.5 Å². The monoisotopic (exact) mass is 475 g/mol. The van der Waals surface area contributed by atoms with Crippen molar-refractivity contribution in [3.8, 4) is 5.88 Å². The summed E-state index contributed by atoms with van der Waals surface area (Å²) in [6.45, 7) is 3.94. The average Bonchev–Trinajstić information content (AvgIpc) is 3.36. The smallest absolute Gasteiger partial charge is 0.308 e. The van der Waals surface area contributed by atoms with Gasteiger partial charge in [-0.25, -0.2) is 4.98 Å². The fraction of sp³-hybridized carbons (Fsp3) is 0.640. The third kappa shape index (κ3) is 9.37. The van der Waals surface area contributed by atoms with Crippen molar-refractivity contribution in [2.75, 3.05) is 32.1 Å². The fourth-order valence-electron chi connectivity index (χ4n) is 4.30. The summed E-state index contributed by atoms with van der Waals surface area (Å²) < 4.78 is 11.1. The van der Waals surface area contributed by atoms with Crippen LogP contribution in [0.5, 0.6) is 5.88 Å². The van der Waals surface area contributed by atoms with Gasteiger partial charge in [-0.15, -0.1) is 11.8 Å². The molecule has 1 unspecified atom stereocenters. The van der Waals surface area contributed by atoms with Crippen molar-refractivity contribution in [3.63, 3.8) is 0 Å². The molecule has 2 heterocycles. The lowest BCUT2D eigenvalue weighted by molar-refractivity contribution is -0.147. The number of ether oxygens (including phenoxy) is 2. The Morgan fingerprint density at radius 2 is 1.97 bits per heavy atom. The average molecular weight is 476 g/mol. The third-order valence-corrected chi connectivity index (χ3v) is 7.38. The van der Waals surface area contributed by atoms with Gasteiger partial charge in [0.05, 0.1) is 11.2 Å². The molecular weight excluding hydrogens is 438 g/mol. The molecule has 1 amide bonds. The zero-order valence-corrected chi connectivity index (χ0v) is 20.3. The zero-order chi connectivity index (χ0) is 23.3. The van der Waals surface area contributed by atoms with Crippen LogP contribution in [-0.4, -0.2) is 59.1 Å². The van der Waals surface area contributed by atoms with E-state index >= 15 is 0 Å². The molecular formula is C25H37N3O4S. The number of hydrogen-bond donors (Lipinski definition) is 1. The van der Waals surface area contributed by atoms with Gasteiger partial charge in [0.25, 0.3) is 0 Å². The lowest BCUT2D eigenvalue weighted by Gasteiger charge is -2.26.